The maximum atomic E-state index is 12.6. The van der Waals surface area contributed by atoms with Gasteiger partial charge in [-0.15, -0.1) is 0 Å². The van der Waals surface area contributed by atoms with Crippen LogP contribution in [0.25, 0.3) is 5.69 Å². The summed E-state index contributed by atoms with van der Waals surface area (Å²) in [5, 5.41) is 7.89. The number of halogens is 1. The fourth-order valence-corrected chi connectivity index (χ4v) is 2.87. The molecule has 26 heavy (non-hydrogen) atoms. The van der Waals surface area contributed by atoms with Crippen LogP contribution in [-0.2, 0) is 0 Å². The van der Waals surface area contributed by atoms with Crippen molar-refractivity contribution in [1.29, 1.82) is 0 Å². The minimum Gasteiger partial charge on any atom is -0.486 e. The first-order valence-electron chi connectivity index (χ1n) is 8.14. The molecule has 1 N–H and O–H groups in total. The van der Waals surface area contributed by atoms with Crippen LogP contribution < -0.4 is 14.8 Å². The predicted molar refractivity (Wildman–Crippen MR) is 98.7 cm³/mol. The zero-order valence-corrected chi connectivity index (χ0v) is 14.8. The summed E-state index contributed by atoms with van der Waals surface area (Å²) in [6, 6.07) is 14.3. The Morgan fingerprint density at radius 3 is 2.58 bits per heavy atom. The molecular weight excluding hydrogens is 354 g/mol. The van der Waals surface area contributed by atoms with Gasteiger partial charge in [-0.1, -0.05) is 11.6 Å². The quantitative estimate of drug-likeness (QED) is 0.761. The number of aryl methyl sites for hydroxylation is 1. The van der Waals surface area contributed by atoms with Gasteiger partial charge in [0.15, 0.2) is 17.2 Å². The maximum absolute atomic E-state index is 12.6. The molecular formula is C19H16ClN3O3. The van der Waals surface area contributed by atoms with Crippen molar-refractivity contribution in [2.75, 3.05) is 18.5 Å². The van der Waals surface area contributed by atoms with E-state index in [9.17, 15) is 4.79 Å². The number of hydrogen-bond acceptors (Lipinski definition) is 4. The van der Waals surface area contributed by atoms with E-state index in [1.54, 1.807) is 41.1 Å². The van der Waals surface area contributed by atoms with Gasteiger partial charge < -0.3 is 14.8 Å². The van der Waals surface area contributed by atoms with Gasteiger partial charge in [0.05, 0.1) is 5.69 Å². The van der Waals surface area contributed by atoms with Crippen LogP contribution in [0.4, 0.5) is 5.69 Å². The van der Waals surface area contributed by atoms with Crippen molar-refractivity contribution >= 4 is 23.2 Å². The van der Waals surface area contributed by atoms with E-state index in [-0.39, 0.29) is 5.91 Å². The molecule has 2 heterocycles. The zero-order chi connectivity index (χ0) is 18.1. The highest BCUT2D eigenvalue weighted by Gasteiger charge is 2.16. The Balaban J connectivity index is 1.55. The second-order valence-corrected chi connectivity index (χ2v) is 6.31. The van der Waals surface area contributed by atoms with E-state index in [0.29, 0.717) is 41.1 Å². The lowest BCUT2D eigenvalue weighted by Gasteiger charge is -2.18. The molecule has 0 unspecified atom stereocenters. The number of carbonyl (C=O) groups is 1. The number of ether oxygens (including phenoxy) is 2. The second-order valence-electron chi connectivity index (χ2n) is 5.87. The summed E-state index contributed by atoms with van der Waals surface area (Å²) >= 11 is 5.92. The molecule has 6 nitrogen and oxygen atoms in total. The van der Waals surface area contributed by atoms with Crippen molar-refractivity contribution in [3.05, 3.63) is 64.9 Å². The van der Waals surface area contributed by atoms with Crippen LogP contribution >= 0.6 is 11.6 Å². The maximum Gasteiger partial charge on any atom is 0.276 e. The highest BCUT2D eigenvalue weighted by molar-refractivity contribution is 6.30. The zero-order valence-electron chi connectivity index (χ0n) is 14.0. The SMILES string of the molecule is Cc1cc(C(=O)Nc2ccc3c(c2)OCCO3)nn1-c1ccc(Cl)cc1. The molecule has 0 saturated heterocycles. The first kappa shape index (κ1) is 16.5. The first-order chi connectivity index (χ1) is 12.6. The third-order valence-corrected chi connectivity index (χ3v) is 4.24. The van der Waals surface area contributed by atoms with E-state index < -0.39 is 0 Å². The molecule has 1 amide bonds. The number of nitrogens with one attached hydrogen (secondary N) is 1. The molecule has 1 aromatic heterocycles. The van der Waals surface area contributed by atoms with Crippen LogP contribution in [-0.4, -0.2) is 28.9 Å². The Kier molecular flexibility index (Phi) is 4.26. The molecule has 0 saturated carbocycles. The Morgan fingerprint density at radius 1 is 1.08 bits per heavy atom. The van der Waals surface area contributed by atoms with E-state index >= 15 is 0 Å². The van der Waals surface area contributed by atoms with Crippen LogP contribution in [0.15, 0.2) is 48.5 Å². The fraction of sp³-hybridized carbons (Fsp3) is 0.158. The molecule has 2 aromatic carbocycles. The largest absolute Gasteiger partial charge is 0.486 e. The third kappa shape index (κ3) is 3.23. The van der Waals surface area contributed by atoms with Crippen molar-refractivity contribution in [3.8, 4) is 17.2 Å². The van der Waals surface area contributed by atoms with E-state index in [0.717, 1.165) is 11.4 Å². The van der Waals surface area contributed by atoms with E-state index in [4.69, 9.17) is 21.1 Å². The number of amides is 1. The number of rotatable bonds is 3. The summed E-state index contributed by atoms with van der Waals surface area (Å²) in [6.45, 7) is 2.91. The summed E-state index contributed by atoms with van der Waals surface area (Å²) in [5.41, 5.74) is 2.63. The van der Waals surface area contributed by atoms with Gasteiger partial charge in [0.25, 0.3) is 5.91 Å². The molecule has 0 fully saturated rings. The molecule has 0 aliphatic carbocycles. The Hall–Kier alpha value is -2.99. The lowest BCUT2D eigenvalue weighted by Crippen LogP contribution is -2.16. The average molecular weight is 370 g/mol. The van der Waals surface area contributed by atoms with Crippen LogP contribution in [0.1, 0.15) is 16.2 Å². The van der Waals surface area contributed by atoms with Crippen molar-refractivity contribution < 1.29 is 14.3 Å². The topological polar surface area (TPSA) is 65.4 Å². The van der Waals surface area contributed by atoms with Crippen molar-refractivity contribution in [2.45, 2.75) is 6.92 Å². The Morgan fingerprint density at radius 2 is 1.81 bits per heavy atom. The first-order valence-corrected chi connectivity index (χ1v) is 8.51. The number of benzene rings is 2. The molecule has 0 atom stereocenters. The minimum absolute atomic E-state index is 0.294. The molecule has 4 rings (SSSR count). The van der Waals surface area contributed by atoms with Gasteiger partial charge in [-0.2, -0.15) is 5.10 Å². The van der Waals surface area contributed by atoms with Gasteiger partial charge in [0, 0.05) is 22.5 Å². The van der Waals surface area contributed by atoms with Crippen molar-refractivity contribution in [3.63, 3.8) is 0 Å². The van der Waals surface area contributed by atoms with Crippen LogP contribution in [0.3, 0.4) is 0 Å². The van der Waals surface area contributed by atoms with Crippen molar-refractivity contribution in [1.82, 2.24) is 9.78 Å². The minimum atomic E-state index is -0.294. The monoisotopic (exact) mass is 369 g/mol. The number of carbonyl (C=O) groups excluding carboxylic acids is 1. The standard InChI is InChI=1S/C19H16ClN3O3/c1-12-10-16(22-23(12)15-5-2-13(20)3-6-15)19(24)21-14-4-7-17-18(11-14)26-9-8-25-17/h2-7,10-11H,8-9H2,1H3,(H,21,24). The molecule has 0 bridgehead atoms. The second kappa shape index (κ2) is 6.72. The van der Waals surface area contributed by atoms with Crippen LogP contribution in [0.5, 0.6) is 11.5 Å². The van der Waals surface area contributed by atoms with Gasteiger partial charge >= 0.3 is 0 Å². The predicted octanol–water partition coefficient (Wildman–Crippen LogP) is 3.86. The smallest absolute Gasteiger partial charge is 0.276 e. The highest BCUT2D eigenvalue weighted by atomic mass is 35.5. The number of aromatic nitrogens is 2. The van der Waals surface area contributed by atoms with Gasteiger partial charge in [0.1, 0.15) is 13.2 Å². The molecule has 0 spiro atoms. The van der Waals surface area contributed by atoms with Gasteiger partial charge in [-0.05, 0) is 49.4 Å². The van der Waals surface area contributed by atoms with Crippen LogP contribution in [0, 0.1) is 6.92 Å². The summed E-state index contributed by atoms with van der Waals surface area (Å²) in [7, 11) is 0. The number of hydrogen-bond donors (Lipinski definition) is 1. The molecule has 0 radical (unpaired) electrons. The molecule has 132 valence electrons. The summed E-state index contributed by atoms with van der Waals surface area (Å²) in [4.78, 5) is 12.6. The summed E-state index contributed by atoms with van der Waals surface area (Å²) < 4.78 is 12.7. The number of fused-ring (bicyclic) bond motifs is 1. The Labute approximate surface area is 155 Å². The number of anilines is 1. The van der Waals surface area contributed by atoms with E-state index in [2.05, 4.69) is 10.4 Å². The van der Waals surface area contributed by atoms with Crippen molar-refractivity contribution in [2.24, 2.45) is 0 Å². The molecule has 3 aromatic rings. The molecule has 1 aliphatic rings. The average Bonchev–Trinajstić information content (AvgIpc) is 3.04. The van der Waals surface area contributed by atoms with Gasteiger partial charge in [-0.3, -0.25) is 4.79 Å². The Bertz CT molecular complexity index is 967. The number of nitrogens with zero attached hydrogens (tertiary/aromatic N) is 2. The van der Waals surface area contributed by atoms with E-state index in [1.807, 2.05) is 19.1 Å². The van der Waals surface area contributed by atoms with Gasteiger partial charge in [0.2, 0.25) is 0 Å². The highest BCUT2D eigenvalue weighted by Crippen LogP contribution is 2.32. The molecule has 7 heteroatoms. The van der Waals surface area contributed by atoms with E-state index in [1.165, 1.54) is 0 Å². The lowest BCUT2D eigenvalue weighted by atomic mass is 10.2. The fourth-order valence-electron chi connectivity index (χ4n) is 2.75. The lowest BCUT2D eigenvalue weighted by molar-refractivity contribution is 0.102. The normalized spacial score (nSPS) is 12.7. The summed E-state index contributed by atoms with van der Waals surface area (Å²) in [6.07, 6.45) is 0. The van der Waals surface area contributed by atoms with Crippen LogP contribution in [0.2, 0.25) is 5.02 Å². The third-order valence-electron chi connectivity index (χ3n) is 3.99. The van der Waals surface area contributed by atoms with Gasteiger partial charge in [-0.25, -0.2) is 4.68 Å². The summed E-state index contributed by atoms with van der Waals surface area (Å²) in [5.74, 6) is 1.01. The molecule has 1 aliphatic heterocycles.